The van der Waals surface area contributed by atoms with Crippen LogP contribution in [0.25, 0.3) is 0 Å². The van der Waals surface area contributed by atoms with E-state index in [2.05, 4.69) is 15.2 Å². The zero-order valence-electron chi connectivity index (χ0n) is 12.1. The number of aromatic nitrogens is 2. The summed E-state index contributed by atoms with van der Waals surface area (Å²) in [6.07, 6.45) is 1.07. The Hall–Kier alpha value is -2.41. The minimum absolute atomic E-state index is 0.124. The Morgan fingerprint density at radius 1 is 1.24 bits per heavy atom. The Balaban J connectivity index is 2.16. The van der Waals surface area contributed by atoms with Crippen LogP contribution in [0.2, 0.25) is 0 Å². The number of benzene rings is 1. The van der Waals surface area contributed by atoms with E-state index in [9.17, 15) is 0 Å². The van der Waals surface area contributed by atoms with Gasteiger partial charge in [0.25, 0.3) is 5.95 Å². The molecule has 0 saturated carbocycles. The van der Waals surface area contributed by atoms with Crippen molar-refractivity contribution < 1.29 is 14.0 Å². The molecule has 0 saturated heterocycles. The number of rotatable bonds is 2. The first kappa shape index (κ1) is 13.6. The fourth-order valence-electron chi connectivity index (χ4n) is 2.54. The van der Waals surface area contributed by atoms with Crippen molar-refractivity contribution in [3.63, 3.8) is 0 Å². The summed E-state index contributed by atoms with van der Waals surface area (Å²) in [7, 11) is 3.26. The van der Waals surface area contributed by atoms with Gasteiger partial charge in [0.2, 0.25) is 12.3 Å². The highest BCUT2D eigenvalue weighted by Crippen LogP contribution is 2.32. The van der Waals surface area contributed by atoms with Crippen LogP contribution in [0.4, 0.5) is 5.95 Å². The molecule has 0 fully saturated rings. The molecule has 2 atom stereocenters. The number of methoxy groups -OCH3 is 2. The fraction of sp³-hybridized carbons (Fsp3) is 0.357. The lowest BCUT2D eigenvalue weighted by Crippen LogP contribution is -2.34. The van der Waals surface area contributed by atoms with Crippen molar-refractivity contribution in [3.05, 3.63) is 41.8 Å². The molecule has 0 N–H and O–H groups in total. The lowest BCUT2D eigenvalue weighted by atomic mass is 9.98. The fourth-order valence-corrected chi connectivity index (χ4v) is 2.54. The summed E-state index contributed by atoms with van der Waals surface area (Å²) in [5, 5.41) is 10.0. The van der Waals surface area contributed by atoms with Crippen molar-refractivity contribution in [3.8, 4) is 0 Å². The van der Waals surface area contributed by atoms with Gasteiger partial charge in [-0.3, -0.25) is 0 Å². The minimum atomic E-state index is -0.198. The number of fused-ring (bicyclic) bond motifs is 1. The highest BCUT2D eigenvalue weighted by molar-refractivity contribution is 5.96. The predicted octanol–water partition coefficient (Wildman–Crippen LogP) is 1.97. The molecule has 2 heterocycles. The van der Waals surface area contributed by atoms with Gasteiger partial charge in [-0.05, 0) is 23.7 Å². The Morgan fingerprint density at radius 2 is 2.05 bits per heavy atom. The highest BCUT2D eigenvalue weighted by atomic mass is 16.5. The number of hydrazone groups is 1. The molecule has 0 spiro atoms. The second-order valence-electron chi connectivity index (χ2n) is 4.67. The molecule has 3 rings (SSSR count). The molecule has 1 aromatic heterocycles. The lowest BCUT2D eigenvalue weighted by molar-refractivity contribution is 0.0827. The van der Waals surface area contributed by atoms with Crippen LogP contribution in [0.1, 0.15) is 24.2 Å². The van der Waals surface area contributed by atoms with Gasteiger partial charge < -0.3 is 14.0 Å². The number of ether oxygens (including phenoxy) is 2. The summed E-state index contributed by atoms with van der Waals surface area (Å²) in [6.45, 7) is 1.99. The minimum Gasteiger partial charge on any atom is -0.480 e. The third kappa shape index (κ3) is 2.25. The molecular formula is C14H16N4O3. The molecule has 0 bridgehead atoms. The summed E-state index contributed by atoms with van der Waals surface area (Å²) in [6, 6.07) is 7.75. The zero-order chi connectivity index (χ0) is 14.8. The van der Waals surface area contributed by atoms with Gasteiger partial charge in [0.05, 0.1) is 13.2 Å². The number of anilines is 1. The summed E-state index contributed by atoms with van der Waals surface area (Å²) < 4.78 is 15.9. The van der Waals surface area contributed by atoms with Crippen LogP contribution in [0, 0.1) is 0 Å². The van der Waals surface area contributed by atoms with Crippen LogP contribution in [-0.4, -0.2) is 36.3 Å². The molecule has 1 aromatic carbocycles. The average molecular weight is 288 g/mol. The average Bonchev–Trinajstić information content (AvgIpc) is 3.00. The molecule has 1 aliphatic heterocycles. The van der Waals surface area contributed by atoms with Crippen molar-refractivity contribution in [2.24, 2.45) is 5.10 Å². The molecule has 0 amide bonds. The van der Waals surface area contributed by atoms with E-state index in [1.54, 1.807) is 19.2 Å². The van der Waals surface area contributed by atoms with Crippen LogP contribution < -0.4 is 5.01 Å². The molecular weight excluding hydrogens is 272 g/mol. The van der Waals surface area contributed by atoms with Crippen molar-refractivity contribution >= 4 is 11.8 Å². The van der Waals surface area contributed by atoms with E-state index in [1.165, 1.54) is 6.39 Å². The van der Waals surface area contributed by atoms with Crippen molar-refractivity contribution in [1.82, 2.24) is 10.1 Å². The summed E-state index contributed by atoms with van der Waals surface area (Å²) in [5.41, 5.74) is 1.91. The van der Waals surface area contributed by atoms with Crippen LogP contribution in [0.15, 0.2) is 40.3 Å². The molecule has 7 heteroatoms. The predicted molar refractivity (Wildman–Crippen MR) is 76.0 cm³/mol. The van der Waals surface area contributed by atoms with E-state index in [1.807, 2.05) is 31.2 Å². The maximum atomic E-state index is 5.67. The smallest absolute Gasteiger partial charge is 0.286 e. The first-order valence-electron chi connectivity index (χ1n) is 6.56. The van der Waals surface area contributed by atoms with Crippen LogP contribution in [-0.2, 0) is 9.47 Å². The van der Waals surface area contributed by atoms with Crippen LogP contribution >= 0.6 is 0 Å². The van der Waals surface area contributed by atoms with Crippen molar-refractivity contribution in [2.45, 2.75) is 19.1 Å². The molecule has 7 nitrogen and oxygen atoms in total. The molecule has 110 valence electrons. The summed E-state index contributed by atoms with van der Waals surface area (Å²) >= 11 is 0. The molecule has 0 radical (unpaired) electrons. The van der Waals surface area contributed by atoms with E-state index in [4.69, 9.17) is 14.0 Å². The molecule has 0 aliphatic carbocycles. The summed E-state index contributed by atoms with van der Waals surface area (Å²) in [5.74, 6) is 0.855. The van der Waals surface area contributed by atoms with Gasteiger partial charge >= 0.3 is 0 Å². The van der Waals surface area contributed by atoms with Gasteiger partial charge in [-0.1, -0.05) is 18.2 Å². The second-order valence-corrected chi connectivity index (χ2v) is 4.67. The standard InChI is InChI=1S/C14H16N4O3/c1-9-12(19-2)10-6-4-5-7-11(10)13(20-3)16-18(9)14-15-8-21-17-14/h4-9,12H,1-3H3. The van der Waals surface area contributed by atoms with Gasteiger partial charge in [-0.25, -0.2) is 5.01 Å². The van der Waals surface area contributed by atoms with Gasteiger partial charge in [0.1, 0.15) is 6.10 Å². The molecule has 1 aliphatic rings. The van der Waals surface area contributed by atoms with Gasteiger partial charge in [0, 0.05) is 12.7 Å². The van der Waals surface area contributed by atoms with Gasteiger partial charge in [-0.15, -0.1) is 5.10 Å². The quantitative estimate of drug-likeness (QED) is 0.841. The molecule has 2 unspecified atom stereocenters. The lowest BCUT2D eigenvalue weighted by Gasteiger charge is -2.27. The number of hydrogen-bond donors (Lipinski definition) is 0. The first-order valence-corrected chi connectivity index (χ1v) is 6.56. The molecule has 21 heavy (non-hydrogen) atoms. The Kier molecular flexibility index (Phi) is 3.57. The van der Waals surface area contributed by atoms with E-state index in [0.717, 1.165) is 11.1 Å². The topological polar surface area (TPSA) is 73.0 Å². The third-order valence-corrected chi connectivity index (χ3v) is 3.52. The van der Waals surface area contributed by atoms with E-state index >= 15 is 0 Å². The monoisotopic (exact) mass is 288 g/mol. The maximum absolute atomic E-state index is 5.67. The van der Waals surface area contributed by atoms with E-state index in [-0.39, 0.29) is 12.1 Å². The van der Waals surface area contributed by atoms with Crippen LogP contribution in [0.3, 0.4) is 0 Å². The number of hydrogen-bond acceptors (Lipinski definition) is 7. The second kappa shape index (κ2) is 5.53. The zero-order valence-corrected chi connectivity index (χ0v) is 12.1. The normalized spacial score (nSPS) is 21.5. The summed E-state index contributed by atoms with van der Waals surface area (Å²) in [4.78, 5) is 4.06. The maximum Gasteiger partial charge on any atom is 0.286 e. The van der Waals surface area contributed by atoms with Crippen molar-refractivity contribution in [1.29, 1.82) is 0 Å². The number of nitrogens with zero attached hydrogens (tertiary/aromatic N) is 4. The highest BCUT2D eigenvalue weighted by Gasteiger charge is 2.34. The third-order valence-electron chi connectivity index (χ3n) is 3.52. The Labute approximate surface area is 122 Å². The Bertz CT molecular complexity index is 641. The van der Waals surface area contributed by atoms with E-state index < -0.39 is 0 Å². The van der Waals surface area contributed by atoms with Crippen LogP contribution in [0.5, 0.6) is 0 Å². The van der Waals surface area contributed by atoms with E-state index in [0.29, 0.717) is 11.8 Å². The SMILES string of the molecule is COC1=NN(c2ncon2)C(C)C(OC)c2ccccc21. The molecule has 2 aromatic rings. The Morgan fingerprint density at radius 3 is 2.71 bits per heavy atom. The largest absolute Gasteiger partial charge is 0.480 e. The van der Waals surface area contributed by atoms with Crippen molar-refractivity contribution in [2.75, 3.05) is 19.2 Å². The van der Waals surface area contributed by atoms with Gasteiger partial charge in [-0.2, -0.15) is 4.98 Å². The first-order chi connectivity index (χ1) is 10.3. The van der Waals surface area contributed by atoms with Gasteiger partial charge in [0.15, 0.2) is 0 Å².